The first-order chi connectivity index (χ1) is 13.7. The fourth-order valence-electron chi connectivity index (χ4n) is 3.22. The fraction of sp³-hybridized carbons (Fsp3) is 0.348. The van der Waals surface area contributed by atoms with Crippen LogP contribution in [-0.4, -0.2) is 50.7 Å². The highest BCUT2D eigenvalue weighted by molar-refractivity contribution is 6.07. The van der Waals surface area contributed by atoms with Crippen molar-refractivity contribution in [2.75, 3.05) is 40.0 Å². The first-order valence-electron chi connectivity index (χ1n) is 9.62. The topological polar surface area (TPSA) is 48.0 Å². The number of carbonyl (C=O) groups excluding carboxylic acids is 1. The zero-order valence-corrected chi connectivity index (χ0v) is 16.5. The molecular weight excluding hydrogens is 354 g/mol. The molecule has 0 N–H and O–H groups in total. The Hall–Kier alpha value is -2.63. The van der Waals surface area contributed by atoms with Crippen LogP contribution in [0, 0.1) is 0 Å². The lowest BCUT2D eigenvalue weighted by Crippen LogP contribution is -2.35. The number of ketones is 1. The Bertz CT molecular complexity index is 825. The van der Waals surface area contributed by atoms with E-state index in [1.54, 1.807) is 19.3 Å². The molecular formula is C23H27NO4. The van der Waals surface area contributed by atoms with Crippen molar-refractivity contribution in [2.45, 2.75) is 13.5 Å². The van der Waals surface area contributed by atoms with Crippen molar-refractivity contribution < 1.29 is 19.0 Å². The molecule has 5 heteroatoms. The molecule has 148 valence electrons. The number of carbonyl (C=O) groups is 1. The molecule has 0 spiro atoms. The summed E-state index contributed by atoms with van der Waals surface area (Å²) in [5.74, 6) is 1.53. The number of nitrogens with zero attached hydrogens (tertiary/aromatic N) is 1. The van der Waals surface area contributed by atoms with Crippen molar-refractivity contribution in [1.82, 2.24) is 4.90 Å². The van der Waals surface area contributed by atoms with Crippen LogP contribution >= 0.6 is 0 Å². The molecule has 1 saturated heterocycles. The molecule has 3 rings (SSSR count). The molecule has 0 aliphatic carbocycles. The highest BCUT2D eigenvalue weighted by Gasteiger charge is 2.15. The van der Waals surface area contributed by atoms with Crippen LogP contribution in [0.1, 0.15) is 28.4 Å². The van der Waals surface area contributed by atoms with Crippen molar-refractivity contribution in [3.05, 3.63) is 65.2 Å². The highest BCUT2D eigenvalue weighted by atomic mass is 16.5. The van der Waals surface area contributed by atoms with Crippen molar-refractivity contribution >= 4 is 11.9 Å². The van der Waals surface area contributed by atoms with Gasteiger partial charge in [0.15, 0.2) is 5.78 Å². The van der Waals surface area contributed by atoms with Gasteiger partial charge in [0, 0.05) is 36.3 Å². The summed E-state index contributed by atoms with van der Waals surface area (Å²) in [6, 6.07) is 13.3. The van der Waals surface area contributed by atoms with Gasteiger partial charge in [-0.2, -0.15) is 0 Å². The van der Waals surface area contributed by atoms with Crippen molar-refractivity contribution in [3.63, 3.8) is 0 Å². The molecule has 0 radical (unpaired) electrons. The van der Waals surface area contributed by atoms with Crippen LogP contribution in [0.2, 0.25) is 0 Å². The van der Waals surface area contributed by atoms with E-state index in [9.17, 15) is 4.79 Å². The van der Waals surface area contributed by atoms with Gasteiger partial charge in [-0.05, 0) is 43.3 Å². The number of ether oxygens (including phenoxy) is 3. The summed E-state index contributed by atoms with van der Waals surface area (Å²) in [6.07, 6.45) is 3.40. The summed E-state index contributed by atoms with van der Waals surface area (Å²) in [6.45, 7) is 6.52. The van der Waals surface area contributed by atoms with Gasteiger partial charge < -0.3 is 14.2 Å². The highest BCUT2D eigenvalue weighted by Crippen LogP contribution is 2.24. The second-order valence-corrected chi connectivity index (χ2v) is 6.58. The minimum atomic E-state index is -0.0443. The minimum absolute atomic E-state index is 0.0443. The molecule has 0 amide bonds. The quantitative estimate of drug-likeness (QED) is 0.514. The first kappa shape index (κ1) is 20.1. The lowest BCUT2D eigenvalue weighted by atomic mass is 10.0. The van der Waals surface area contributed by atoms with Gasteiger partial charge in [0.1, 0.15) is 11.5 Å². The molecule has 1 aliphatic heterocycles. The molecule has 2 aromatic rings. The Balaban J connectivity index is 1.77. The maximum atomic E-state index is 12.7. The number of methoxy groups -OCH3 is 1. The van der Waals surface area contributed by atoms with E-state index in [4.69, 9.17) is 14.2 Å². The van der Waals surface area contributed by atoms with Crippen molar-refractivity contribution in [1.29, 1.82) is 0 Å². The monoisotopic (exact) mass is 381 g/mol. The number of hydrogen-bond acceptors (Lipinski definition) is 5. The molecule has 1 heterocycles. The summed E-state index contributed by atoms with van der Waals surface area (Å²) < 4.78 is 16.5. The molecule has 1 fully saturated rings. The summed E-state index contributed by atoms with van der Waals surface area (Å²) in [7, 11) is 1.66. The van der Waals surface area contributed by atoms with Gasteiger partial charge in [-0.1, -0.05) is 18.2 Å². The smallest absolute Gasteiger partial charge is 0.185 e. The van der Waals surface area contributed by atoms with E-state index >= 15 is 0 Å². The molecule has 0 atom stereocenters. The summed E-state index contributed by atoms with van der Waals surface area (Å²) in [5, 5.41) is 0. The second-order valence-electron chi connectivity index (χ2n) is 6.58. The Morgan fingerprint density at radius 3 is 2.68 bits per heavy atom. The molecule has 2 aromatic carbocycles. The molecule has 28 heavy (non-hydrogen) atoms. The largest absolute Gasteiger partial charge is 0.496 e. The van der Waals surface area contributed by atoms with E-state index in [0.29, 0.717) is 12.2 Å². The number of hydrogen-bond donors (Lipinski definition) is 0. The SMILES string of the molecule is CCOc1ccccc1/C=C/C(=O)c1ccc(OC)c(CN2CCOCC2)c1. The molecule has 0 saturated carbocycles. The Labute approximate surface area is 166 Å². The van der Waals surface area contributed by atoms with Gasteiger partial charge in [-0.15, -0.1) is 0 Å². The minimum Gasteiger partial charge on any atom is -0.496 e. The first-order valence-corrected chi connectivity index (χ1v) is 9.62. The Kier molecular flexibility index (Phi) is 7.23. The van der Waals surface area contributed by atoms with E-state index in [-0.39, 0.29) is 5.78 Å². The number of allylic oxidation sites excluding steroid dienone is 1. The van der Waals surface area contributed by atoms with E-state index in [0.717, 1.165) is 55.5 Å². The third-order valence-electron chi connectivity index (χ3n) is 4.70. The van der Waals surface area contributed by atoms with E-state index in [1.807, 2.05) is 49.4 Å². The van der Waals surface area contributed by atoms with Crippen LogP contribution in [0.5, 0.6) is 11.5 Å². The summed E-state index contributed by atoms with van der Waals surface area (Å²) >= 11 is 0. The van der Waals surface area contributed by atoms with Crippen LogP contribution in [0.4, 0.5) is 0 Å². The summed E-state index contributed by atoms with van der Waals surface area (Å²) in [4.78, 5) is 15.0. The van der Waals surface area contributed by atoms with Crippen molar-refractivity contribution in [2.24, 2.45) is 0 Å². The van der Waals surface area contributed by atoms with Gasteiger partial charge >= 0.3 is 0 Å². The van der Waals surface area contributed by atoms with Gasteiger partial charge in [-0.25, -0.2) is 0 Å². The Morgan fingerprint density at radius 2 is 1.93 bits per heavy atom. The Morgan fingerprint density at radius 1 is 1.14 bits per heavy atom. The zero-order chi connectivity index (χ0) is 19.8. The molecule has 5 nitrogen and oxygen atoms in total. The molecule has 0 bridgehead atoms. The lowest BCUT2D eigenvalue weighted by Gasteiger charge is -2.27. The van der Waals surface area contributed by atoms with E-state index < -0.39 is 0 Å². The second kappa shape index (κ2) is 10.1. The fourth-order valence-corrected chi connectivity index (χ4v) is 3.22. The average Bonchev–Trinajstić information content (AvgIpc) is 2.74. The third kappa shape index (κ3) is 5.21. The van der Waals surface area contributed by atoms with E-state index in [1.165, 1.54) is 0 Å². The van der Waals surface area contributed by atoms with Crippen LogP contribution in [0.25, 0.3) is 6.08 Å². The van der Waals surface area contributed by atoms with Crippen LogP contribution < -0.4 is 9.47 Å². The van der Waals surface area contributed by atoms with Crippen molar-refractivity contribution in [3.8, 4) is 11.5 Å². The molecule has 0 unspecified atom stereocenters. The summed E-state index contributed by atoms with van der Waals surface area (Å²) in [5.41, 5.74) is 2.55. The third-order valence-corrected chi connectivity index (χ3v) is 4.70. The van der Waals surface area contributed by atoms with Gasteiger partial charge in [0.05, 0.1) is 26.9 Å². The number of para-hydroxylation sites is 1. The lowest BCUT2D eigenvalue weighted by molar-refractivity contribution is 0.0338. The number of rotatable bonds is 8. The maximum Gasteiger partial charge on any atom is 0.185 e. The average molecular weight is 381 g/mol. The molecule has 1 aliphatic rings. The normalized spacial score (nSPS) is 14.9. The van der Waals surface area contributed by atoms with Gasteiger partial charge in [0.2, 0.25) is 0 Å². The predicted octanol–water partition coefficient (Wildman–Crippen LogP) is 3.82. The van der Waals surface area contributed by atoms with Crippen LogP contribution in [0.3, 0.4) is 0 Å². The van der Waals surface area contributed by atoms with Crippen LogP contribution in [-0.2, 0) is 11.3 Å². The van der Waals surface area contributed by atoms with Crippen LogP contribution in [0.15, 0.2) is 48.5 Å². The van der Waals surface area contributed by atoms with Gasteiger partial charge in [-0.3, -0.25) is 9.69 Å². The molecule has 0 aromatic heterocycles. The van der Waals surface area contributed by atoms with E-state index in [2.05, 4.69) is 4.90 Å². The standard InChI is InChI=1S/C23H27NO4/c1-3-28-23-7-5-4-6-18(23)8-10-21(25)19-9-11-22(26-2)20(16-19)17-24-12-14-27-15-13-24/h4-11,16H,3,12-15,17H2,1-2H3/b10-8+. The van der Waals surface area contributed by atoms with Gasteiger partial charge in [0.25, 0.3) is 0 Å². The number of benzene rings is 2. The number of morpholine rings is 1. The predicted molar refractivity (Wildman–Crippen MR) is 110 cm³/mol. The zero-order valence-electron chi connectivity index (χ0n) is 16.5. The maximum absolute atomic E-state index is 12.7.